The second-order valence-corrected chi connectivity index (χ2v) is 12.0. The van der Waals surface area contributed by atoms with E-state index in [9.17, 15) is 52.8 Å². The van der Waals surface area contributed by atoms with Gasteiger partial charge in [0.25, 0.3) is 11.8 Å². The number of carbonyl (C=O) groups excluding carboxylic acids is 4. The van der Waals surface area contributed by atoms with E-state index < -0.39 is 87.0 Å². The van der Waals surface area contributed by atoms with Crippen molar-refractivity contribution in [2.45, 2.75) is 30.7 Å². The van der Waals surface area contributed by atoms with Crippen molar-refractivity contribution < 1.29 is 52.8 Å². The summed E-state index contributed by atoms with van der Waals surface area (Å²) in [5.74, 6) is -9.27. The number of nitrogens with zero attached hydrogens (tertiary/aromatic N) is 2. The first kappa shape index (κ1) is 32.5. The van der Waals surface area contributed by atoms with Gasteiger partial charge in [-0.05, 0) is 62.7 Å². The Hall–Kier alpha value is -4.89. The van der Waals surface area contributed by atoms with Crippen LogP contribution in [0.25, 0.3) is 5.76 Å². The molecule has 3 aliphatic carbocycles. The van der Waals surface area contributed by atoms with Gasteiger partial charge in [0.1, 0.15) is 22.8 Å². The number of phenolic OH excluding ortho intramolecular Hbond substituents is 1. The van der Waals surface area contributed by atoms with Crippen molar-refractivity contribution in [1.29, 1.82) is 0 Å². The first-order valence-corrected chi connectivity index (χ1v) is 14.0. The number of nitrogens with two attached hydrogens (primary N) is 1. The normalized spacial score (nSPS) is 24.4. The predicted octanol–water partition coefficient (Wildman–Crippen LogP) is 2.30. The molecule has 3 unspecified atom stereocenters. The summed E-state index contributed by atoms with van der Waals surface area (Å²) in [7, 11) is 6.24. The Balaban J connectivity index is 1.66. The van der Waals surface area contributed by atoms with Crippen LogP contribution in [0.1, 0.15) is 33.5 Å². The van der Waals surface area contributed by atoms with Gasteiger partial charge in [-0.1, -0.05) is 6.07 Å². The molecule has 0 saturated heterocycles. The predicted molar refractivity (Wildman–Crippen MR) is 158 cm³/mol. The molecule has 0 spiro atoms. The van der Waals surface area contributed by atoms with E-state index >= 15 is 0 Å². The van der Waals surface area contributed by atoms with Crippen LogP contribution in [0.4, 0.5) is 24.5 Å². The van der Waals surface area contributed by atoms with Gasteiger partial charge in [-0.2, -0.15) is 13.2 Å². The van der Waals surface area contributed by atoms with E-state index in [1.54, 1.807) is 19.0 Å². The zero-order valence-corrected chi connectivity index (χ0v) is 25.1. The molecular formula is C31H31F3N4O8. The van der Waals surface area contributed by atoms with E-state index in [0.29, 0.717) is 17.3 Å². The van der Waals surface area contributed by atoms with Crippen LogP contribution in [0.5, 0.6) is 5.75 Å². The summed E-state index contributed by atoms with van der Waals surface area (Å²) in [6, 6.07) is 3.74. The number of hydrogen-bond donors (Lipinski definition) is 6. The van der Waals surface area contributed by atoms with Gasteiger partial charge in [0, 0.05) is 36.8 Å². The minimum Gasteiger partial charge on any atom is -0.508 e. The number of aliphatic hydroxyl groups is 3. The van der Waals surface area contributed by atoms with E-state index in [2.05, 4.69) is 5.32 Å². The van der Waals surface area contributed by atoms with Gasteiger partial charge in [0.15, 0.2) is 11.4 Å². The lowest BCUT2D eigenvalue weighted by Crippen LogP contribution is -2.65. The third-order valence-corrected chi connectivity index (χ3v) is 8.88. The average molecular weight is 645 g/mol. The molecule has 0 heterocycles. The number of likely N-dealkylation sites (N-methyl/N-ethyl adjacent to an activating group) is 1. The highest BCUT2D eigenvalue weighted by atomic mass is 19.4. The van der Waals surface area contributed by atoms with Crippen LogP contribution < -0.4 is 16.0 Å². The molecule has 0 aliphatic heterocycles. The number of ketones is 2. The van der Waals surface area contributed by atoms with Crippen LogP contribution in [0.15, 0.2) is 47.2 Å². The molecule has 15 heteroatoms. The van der Waals surface area contributed by atoms with Gasteiger partial charge < -0.3 is 36.4 Å². The third kappa shape index (κ3) is 4.77. The van der Waals surface area contributed by atoms with Crippen molar-refractivity contribution in [2.24, 2.45) is 17.6 Å². The Kier molecular flexibility index (Phi) is 7.68. The lowest BCUT2D eigenvalue weighted by Gasteiger charge is -2.50. The van der Waals surface area contributed by atoms with Crippen LogP contribution in [-0.4, -0.2) is 88.5 Å². The van der Waals surface area contributed by atoms with E-state index in [1.807, 2.05) is 0 Å². The minimum atomic E-state index is -4.72. The fourth-order valence-electron chi connectivity index (χ4n) is 6.82. The lowest BCUT2D eigenvalue weighted by molar-refractivity contribution is -0.153. The van der Waals surface area contributed by atoms with E-state index in [1.165, 1.54) is 25.1 Å². The molecule has 1 fully saturated rings. The maximum absolute atomic E-state index is 14.1. The summed E-state index contributed by atoms with van der Waals surface area (Å²) >= 11 is 0. The summed E-state index contributed by atoms with van der Waals surface area (Å²) in [5.41, 5.74) is -0.150. The van der Waals surface area contributed by atoms with Crippen LogP contribution >= 0.6 is 0 Å². The van der Waals surface area contributed by atoms with E-state index in [-0.39, 0.29) is 29.7 Å². The van der Waals surface area contributed by atoms with Gasteiger partial charge in [-0.3, -0.25) is 24.1 Å². The third-order valence-electron chi connectivity index (χ3n) is 8.88. The molecule has 1 saturated carbocycles. The Morgan fingerprint density at radius 2 is 1.72 bits per heavy atom. The molecular weight excluding hydrogens is 613 g/mol. The van der Waals surface area contributed by atoms with E-state index in [0.717, 1.165) is 18.2 Å². The van der Waals surface area contributed by atoms with Gasteiger partial charge in [-0.15, -0.1) is 0 Å². The Bertz CT molecular complexity index is 1780. The molecule has 2 aromatic carbocycles. The SMILES string of the molecule is CN(C)c1cc(NC(=O)c2cccc(C(F)(F)F)c2)c(O)c2c1CC1CC3[C@H](N(C)C)C(=O)C(C(N)=O)=C(O)C3(O)C(=O)C1=C2O. The molecule has 5 rings (SSSR count). The zero-order valence-electron chi connectivity index (χ0n) is 25.1. The Morgan fingerprint density at radius 3 is 2.28 bits per heavy atom. The molecule has 3 aliphatic rings. The van der Waals surface area contributed by atoms with Crippen LogP contribution in [0.2, 0.25) is 0 Å². The number of aromatic hydroxyl groups is 1. The van der Waals surface area contributed by atoms with Gasteiger partial charge in [-0.25, -0.2) is 0 Å². The highest BCUT2D eigenvalue weighted by Crippen LogP contribution is 2.54. The maximum atomic E-state index is 14.1. The van der Waals surface area contributed by atoms with Crippen molar-refractivity contribution in [1.82, 2.24) is 4.90 Å². The van der Waals surface area contributed by atoms with Gasteiger partial charge in [0.05, 0.1) is 22.9 Å². The Labute approximate surface area is 260 Å². The fourth-order valence-corrected chi connectivity index (χ4v) is 6.82. The molecule has 4 atom stereocenters. The number of halogens is 3. The quantitative estimate of drug-likeness (QED) is 0.208. The average Bonchev–Trinajstić information content (AvgIpc) is 2.95. The lowest BCUT2D eigenvalue weighted by atomic mass is 9.57. The molecule has 2 aromatic rings. The van der Waals surface area contributed by atoms with E-state index in [4.69, 9.17) is 5.73 Å². The molecule has 0 aromatic heterocycles. The summed E-state index contributed by atoms with van der Waals surface area (Å²) in [6.07, 6.45) is -4.84. The first-order valence-electron chi connectivity index (χ1n) is 14.0. The van der Waals surface area contributed by atoms with Crippen LogP contribution in [0.3, 0.4) is 0 Å². The number of hydrogen-bond acceptors (Lipinski definition) is 10. The van der Waals surface area contributed by atoms with Crippen molar-refractivity contribution in [3.05, 3.63) is 69.5 Å². The van der Waals surface area contributed by atoms with Crippen molar-refractivity contribution in [3.63, 3.8) is 0 Å². The first-order chi connectivity index (χ1) is 21.3. The Morgan fingerprint density at radius 1 is 1.07 bits per heavy atom. The van der Waals surface area contributed by atoms with Gasteiger partial charge in [0.2, 0.25) is 5.78 Å². The number of nitrogens with one attached hydrogen (secondary N) is 1. The minimum absolute atomic E-state index is 0.00251. The molecule has 12 nitrogen and oxygen atoms in total. The molecule has 46 heavy (non-hydrogen) atoms. The topological polar surface area (TPSA) is 194 Å². The molecule has 2 amide bonds. The van der Waals surface area contributed by atoms with Crippen molar-refractivity contribution >= 4 is 40.5 Å². The molecule has 0 bridgehead atoms. The largest absolute Gasteiger partial charge is 0.508 e. The monoisotopic (exact) mass is 644 g/mol. The summed E-state index contributed by atoms with van der Waals surface area (Å²) < 4.78 is 39.7. The number of carbonyl (C=O) groups is 4. The number of Topliss-reactive ketones (excluding diaryl/α,β-unsaturated/α-hetero) is 2. The summed E-state index contributed by atoms with van der Waals surface area (Å²) in [6.45, 7) is 0. The number of rotatable bonds is 5. The zero-order chi connectivity index (χ0) is 34.2. The number of alkyl halides is 3. The fraction of sp³-hybridized carbons (Fsp3) is 0.355. The second kappa shape index (κ2) is 10.9. The standard InChI is InChI=1S/C31H31F3N4O8/c1-37(2)18-11-17(36-29(45)12-6-5-7-14(8-12)31(32,33)34)23(39)20-15(18)9-13-10-16-22(38(3)4)25(41)21(28(35)44)27(43)30(16,46)26(42)19(13)24(20)40/h5-8,11,13,16,22,39-40,43,46H,9-10H2,1-4H3,(H2,35,44)(H,36,45)/t13?,16?,22-,30?/m0/s1. The second-order valence-electron chi connectivity index (χ2n) is 12.0. The number of primary amides is 1. The van der Waals surface area contributed by atoms with Crippen molar-refractivity contribution in [3.8, 4) is 5.75 Å². The highest BCUT2D eigenvalue weighted by molar-refractivity contribution is 6.24. The van der Waals surface area contributed by atoms with Gasteiger partial charge >= 0.3 is 6.18 Å². The van der Waals surface area contributed by atoms with Crippen molar-refractivity contribution in [2.75, 3.05) is 38.4 Å². The highest BCUT2D eigenvalue weighted by Gasteiger charge is 2.64. The summed E-state index contributed by atoms with van der Waals surface area (Å²) in [5, 5.41) is 48.0. The summed E-state index contributed by atoms with van der Waals surface area (Å²) in [4.78, 5) is 55.5. The molecule has 0 radical (unpaired) electrons. The smallest absolute Gasteiger partial charge is 0.416 e. The number of anilines is 2. The van der Waals surface area contributed by atoms with Crippen LogP contribution in [0, 0.1) is 11.8 Å². The number of aliphatic hydroxyl groups excluding tert-OH is 2. The number of fused-ring (bicyclic) bond motifs is 3. The number of phenols is 1. The maximum Gasteiger partial charge on any atom is 0.416 e. The number of amides is 2. The van der Waals surface area contributed by atoms with Crippen LogP contribution in [-0.2, 0) is 27.0 Å². The molecule has 7 N–H and O–H groups in total. The number of benzene rings is 2. The molecule has 244 valence electrons.